The van der Waals surface area contributed by atoms with Crippen molar-refractivity contribution in [3.05, 3.63) is 35.2 Å². The summed E-state index contributed by atoms with van der Waals surface area (Å²) in [5.41, 5.74) is 2.89. The van der Waals surface area contributed by atoms with Crippen LogP contribution in [0.2, 0.25) is 0 Å². The molecule has 7 nitrogen and oxygen atoms in total. The molecule has 2 amide bonds. The molecule has 2 aromatic rings. The van der Waals surface area contributed by atoms with Crippen LogP contribution in [0.1, 0.15) is 16.8 Å². The summed E-state index contributed by atoms with van der Waals surface area (Å²) in [5, 5.41) is 17.1. The minimum atomic E-state index is -1.06. The van der Waals surface area contributed by atoms with Gasteiger partial charge in [0, 0.05) is 15.5 Å². The van der Waals surface area contributed by atoms with E-state index >= 15 is 0 Å². The van der Waals surface area contributed by atoms with Gasteiger partial charge in [-0.2, -0.15) is 0 Å². The molecule has 118 valence electrons. The number of nitrogens with one attached hydrogen (secondary N) is 2. The molecule has 0 radical (unpaired) electrons. The van der Waals surface area contributed by atoms with E-state index in [1.807, 2.05) is 24.3 Å². The number of carbonyl (C=O) groups is 3. The van der Waals surface area contributed by atoms with E-state index in [1.165, 1.54) is 11.3 Å². The van der Waals surface area contributed by atoms with Gasteiger partial charge >= 0.3 is 5.97 Å². The Kier molecular flexibility index (Phi) is 4.30. The summed E-state index contributed by atoms with van der Waals surface area (Å²) in [4.78, 5) is 34.4. The van der Waals surface area contributed by atoms with E-state index in [4.69, 9.17) is 5.11 Å². The molecule has 0 bridgehead atoms. The lowest BCUT2D eigenvalue weighted by molar-refractivity contribution is -0.138. The number of fused-ring (bicyclic) bond motifs is 1. The highest BCUT2D eigenvalue weighted by atomic mass is 32.2. The highest BCUT2D eigenvalue weighted by Crippen LogP contribution is 2.26. The van der Waals surface area contributed by atoms with Crippen LogP contribution in [0.4, 0.5) is 0 Å². The Hall–Kier alpha value is -2.39. The third-order valence-electron chi connectivity index (χ3n) is 3.12. The minimum Gasteiger partial charge on any atom is -0.481 e. The van der Waals surface area contributed by atoms with Crippen LogP contribution < -0.4 is 10.7 Å². The van der Waals surface area contributed by atoms with Gasteiger partial charge in [-0.1, -0.05) is 30.0 Å². The van der Waals surface area contributed by atoms with Gasteiger partial charge in [0.1, 0.15) is 5.25 Å². The van der Waals surface area contributed by atoms with Gasteiger partial charge in [0.2, 0.25) is 5.91 Å². The van der Waals surface area contributed by atoms with Gasteiger partial charge in [0.15, 0.2) is 5.17 Å². The van der Waals surface area contributed by atoms with Crippen LogP contribution in [0.25, 0.3) is 10.1 Å². The van der Waals surface area contributed by atoms with Crippen LogP contribution in [-0.4, -0.2) is 33.3 Å². The molecule has 1 fully saturated rings. The fourth-order valence-corrected chi connectivity index (χ4v) is 3.93. The number of hydrazone groups is 1. The van der Waals surface area contributed by atoms with Crippen molar-refractivity contribution >= 4 is 56.1 Å². The zero-order chi connectivity index (χ0) is 16.4. The number of thioether (sulfide) groups is 1. The number of carboxylic acid groups (broad SMARTS) is 1. The third-order valence-corrected chi connectivity index (χ3v) is 5.17. The van der Waals surface area contributed by atoms with Crippen LogP contribution >= 0.6 is 23.1 Å². The van der Waals surface area contributed by atoms with Crippen molar-refractivity contribution in [2.75, 3.05) is 0 Å². The molecule has 3 rings (SSSR count). The lowest BCUT2D eigenvalue weighted by atomic mass is 10.2. The standard InChI is InChI=1S/C14H11N3O4S2/c18-11(19)5-10-13(21)15-14(23-10)17-16-12(20)8-6-22-9-4-2-1-3-7(8)9/h1-4,6,10H,5H2,(H,16,20)(H,18,19)(H,15,17,21). The van der Waals surface area contributed by atoms with E-state index < -0.39 is 17.1 Å². The van der Waals surface area contributed by atoms with E-state index in [1.54, 1.807) is 5.38 Å². The average Bonchev–Trinajstić information content (AvgIpc) is 3.08. The Balaban J connectivity index is 1.69. The zero-order valence-electron chi connectivity index (χ0n) is 11.6. The Bertz CT molecular complexity index is 830. The number of amidine groups is 1. The predicted molar refractivity (Wildman–Crippen MR) is 88.5 cm³/mol. The molecule has 9 heteroatoms. The number of rotatable bonds is 4. The molecule has 1 aliphatic rings. The van der Waals surface area contributed by atoms with Crippen molar-refractivity contribution in [3.63, 3.8) is 0 Å². The van der Waals surface area contributed by atoms with Gasteiger partial charge in [-0.25, -0.2) is 5.43 Å². The molecule has 2 heterocycles. The fraction of sp³-hybridized carbons (Fsp3) is 0.143. The van der Waals surface area contributed by atoms with E-state index in [-0.39, 0.29) is 17.5 Å². The van der Waals surface area contributed by atoms with Crippen LogP contribution in [0, 0.1) is 0 Å². The number of thiophene rings is 1. The molecule has 1 unspecified atom stereocenters. The quantitative estimate of drug-likeness (QED) is 0.727. The first-order valence-electron chi connectivity index (χ1n) is 6.58. The summed E-state index contributed by atoms with van der Waals surface area (Å²) in [6.45, 7) is 0. The molecule has 1 aliphatic heterocycles. The number of amides is 2. The second kappa shape index (κ2) is 6.39. The number of carbonyl (C=O) groups excluding carboxylic acids is 2. The number of aliphatic carboxylic acids is 1. The first-order chi connectivity index (χ1) is 11.0. The van der Waals surface area contributed by atoms with Crippen molar-refractivity contribution < 1.29 is 19.5 Å². The van der Waals surface area contributed by atoms with Crippen molar-refractivity contribution in [1.29, 1.82) is 0 Å². The van der Waals surface area contributed by atoms with Gasteiger partial charge in [0.25, 0.3) is 5.91 Å². The predicted octanol–water partition coefficient (Wildman–Crippen LogP) is 1.61. The van der Waals surface area contributed by atoms with Crippen molar-refractivity contribution in [3.8, 4) is 0 Å². The Morgan fingerprint density at radius 2 is 2.13 bits per heavy atom. The number of benzene rings is 1. The van der Waals surface area contributed by atoms with Gasteiger partial charge in [-0.15, -0.1) is 16.4 Å². The Morgan fingerprint density at radius 3 is 2.91 bits per heavy atom. The molecule has 3 N–H and O–H groups in total. The van der Waals surface area contributed by atoms with E-state index in [0.29, 0.717) is 5.56 Å². The third kappa shape index (κ3) is 3.35. The largest absolute Gasteiger partial charge is 0.481 e. The lowest BCUT2D eigenvalue weighted by Gasteiger charge is -2.00. The Morgan fingerprint density at radius 1 is 1.35 bits per heavy atom. The molecule has 1 aromatic carbocycles. The average molecular weight is 349 g/mol. The summed E-state index contributed by atoms with van der Waals surface area (Å²) in [5.74, 6) is -1.87. The van der Waals surface area contributed by atoms with Crippen molar-refractivity contribution in [2.45, 2.75) is 11.7 Å². The van der Waals surface area contributed by atoms with Crippen LogP contribution in [0.15, 0.2) is 34.7 Å². The monoisotopic (exact) mass is 349 g/mol. The SMILES string of the molecule is O=C(O)CC1S/C(=N/NC(=O)c2csc3ccccc23)NC1=O. The van der Waals surface area contributed by atoms with Crippen LogP contribution in [0.5, 0.6) is 0 Å². The topological polar surface area (TPSA) is 108 Å². The van der Waals surface area contributed by atoms with Gasteiger partial charge < -0.3 is 10.4 Å². The number of hydrogen-bond acceptors (Lipinski definition) is 6. The number of carboxylic acids is 1. The molecule has 1 atom stereocenters. The van der Waals surface area contributed by atoms with Crippen LogP contribution in [0.3, 0.4) is 0 Å². The summed E-state index contributed by atoms with van der Waals surface area (Å²) in [7, 11) is 0. The second-order valence-electron chi connectivity index (χ2n) is 4.70. The maximum atomic E-state index is 12.2. The molecule has 0 spiro atoms. The zero-order valence-corrected chi connectivity index (χ0v) is 13.2. The molecule has 1 saturated heterocycles. The van der Waals surface area contributed by atoms with E-state index in [0.717, 1.165) is 21.8 Å². The maximum Gasteiger partial charge on any atom is 0.305 e. The molecule has 23 heavy (non-hydrogen) atoms. The maximum absolute atomic E-state index is 12.2. The highest BCUT2D eigenvalue weighted by Gasteiger charge is 2.32. The summed E-state index contributed by atoms with van der Waals surface area (Å²) in [6, 6.07) is 7.52. The van der Waals surface area contributed by atoms with Gasteiger partial charge in [-0.3, -0.25) is 14.4 Å². The Labute approximate surface area is 138 Å². The van der Waals surface area contributed by atoms with E-state index in [2.05, 4.69) is 15.8 Å². The number of hydrogen-bond donors (Lipinski definition) is 3. The molecular formula is C14H11N3O4S2. The summed E-state index contributed by atoms with van der Waals surface area (Å²) in [6.07, 6.45) is -0.293. The fourth-order valence-electron chi connectivity index (χ4n) is 2.07. The smallest absolute Gasteiger partial charge is 0.305 e. The number of nitrogens with zero attached hydrogens (tertiary/aromatic N) is 1. The normalized spacial score (nSPS) is 19.0. The highest BCUT2D eigenvalue weighted by molar-refractivity contribution is 8.15. The van der Waals surface area contributed by atoms with E-state index in [9.17, 15) is 14.4 Å². The second-order valence-corrected chi connectivity index (χ2v) is 6.80. The first kappa shape index (κ1) is 15.5. The van der Waals surface area contributed by atoms with Crippen molar-refractivity contribution in [1.82, 2.24) is 10.7 Å². The lowest BCUT2D eigenvalue weighted by Crippen LogP contribution is -2.28. The molecule has 0 aliphatic carbocycles. The first-order valence-corrected chi connectivity index (χ1v) is 8.34. The van der Waals surface area contributed by atoms with Crippen LogP contribution in [-0.2, 0) is 9.59 Å². The summed E-state index contributed by atoms with van der Waals surface area (Å²) < 4.78 is 0.996. The minimum absolute atomic E-state index is 0.189. The van der Waals surface area contributed by atoms with Gasteiger partial charge in [-0.05, 0) is 6.07 Å². The van der Waals surface area contributed by atoms with Crippen molar-refractivity contribution in [2.24, 2.45) is 5.10 Å². The van der Waals surface area contributed by atoms with Gasteiger partial charge in [0.05, 0.1) is 12.0 Å². The molecule has 0 saturated carbocycles. The molecular weight excluding hydrogens is 338 g/mol. The molecule has 1 aromatic heterocycles. The summed E-state index contributed by atoms with van der Waals surface area (Å²) >= 11 is 2.44.